The minimum absolute atomic E-state index is 0.788. The second-order valence-corrected chi connectivity index (χ2v) is 5.77. The van der Waals surface area contributed by atoms with E-state index in [1.54, 1.807) is 0 Å². The molecule has 88 valence electrons. The van der Waals surface area contributed by atoms with Crippen molar-refractivity contribution >= 4 is 0 Å². The van der Waals surface area contributed by atoms with Crippen LogP contribution >= 0.6 is 0 Å². The average Bonchev–Trinajstić information content (AvgIpc) is 2.23. The number of nitrogens with one attached hydrogen (secondary N) is 1. The van der Waals surface area contributed by atoms with Gasteiger partial charge in [-0.05, 0) is 44.6 Å². The quantitative estimate of drug-likeness (QED) is 0.713. The molecule has 2 saturated heterocycles. The Balaban J connectivity index is 1.99. The summed E-state index contributed by atoms with van der Waals surface area (Å²) in [5.41, 5.74) is 0. The van der Waals surface area contributed by atoms with Crippen molar-refractivity contribution in [2.75, 3.05) is 19.6 Å². The molecule has 15 heavy (non-hydrogen) atoms. The minimum atomic E-state index is 0.788. The highest BCUT2D eigenvalue weighted by Crippen LogP contribution is 2.27. The molecule has 2 aliphatic heterocycles. The Bertz CT molecular complexity index is 205. The SMILES string of the molecule is CC1CCC(C)N(C2CNCCC2C)C1. The van der Waals surface area contributed by atoms with Gasteiger partial charge in [-0.1, -0.05) is 13.8 Å². The maximum Gasteiger partial charge on any atom is 0.0249 e. The molecule has 0 aromatic rings. The third-order valence-electron chi connectivity index (χ3n) is 4.38. The molecule has 0 aromatic heterocycles. The number of rotatable bonds is 1. The van der Waals surface area contributed by atoms with E-state index in [9.17, 15) is 0 Å². The average molecular weight is 210 g/mol. The first-order chi connectivity index (χ1) is 7.18. The third-order valence-corrected chi connectivity index (χ3v) is 4.38. The summed E-state index contributed by atoms with van der Waals surface area (Å²) >= 11 is 0. The number of piperidine rings is 2. The van der Waals surface area contributed by atoms with Gasteiger partial charge in [-0.2, -0.15) is 0 Å². The maximum atomic E-state index is 3.56. The van der Waals surface area contributed by atoms with Gasteiger partial charge in [-0.25, -0.2) is 0 Å². The van der Waals surface area contributed by atoms with Crippen molar-refractivity contribution in [1.82, 2.24) is 10.2 Å². The molecule has 2 nitrogen and oxygen atoms in total. The van der Waals surface area contributed by atoms with E-state index in [-0.39, 0.29) is 0 Å². The standard InChI is InChI=1S/C13H26N2/c1-10-4-5-12(3)15(9-10)13-8-14-7-6-11(13)2/h10-14H,4-9H2,1-3H3. The molecule has 4 unspecified atom stereocenters. The lowest BCUT2D eigenvalue weighted by atomic mass is 9.87. The summed E-state index contributed by atoms with van der Waals surface area (Å²) in [6, 6.07) is 1.59. The van der Waals surface area contributed by atoms with Crippen LogP contribution in [0.3, 0.4) is 0 Å². The fraction of sp³-hybridized carbons (Fsp3) is 1.00. The van der Waals surface area contributed by atoms with Crippen LogP contribution in [0.2, 0.25) is 0 Å². The Hall–Kier alpha value is -0.0800. The van der Waals surface area contributed by atoms with Gasteiger partial charge in [0.1, 0.15) is 0 Å². The molecule has 2 heterocycles. The smallest absolute Gasteiger partial charge is 0.0249 e. The van der Waals surface area contributed by atoms with Gasteiger partial charge in [0.25, 0.3) is 0 Å². The highest BCUT2D eigenvalue weighted by atomic mass is 15.2. The van der Waals surface area contributed by atoms with Crippen molar-refractivity contribution < 1.29 is 0 Å². The molecule has 0 spiro atoms. The van der Waals surface area contributed by atoms with Crippen LogP contribution in [0.15, 0.2) is 0 Å². The molecule has 0 radical (unpaired) electrons. The van der Waals surface area contributed by atoms with Gasteiger partial charge in [0, 0.05) is 25.2 Å². The number of hydrogen-bond donors (Lipinski definition) is 1. The topological polar surface area (TPSA) is 15.3 Å². The predicted molar refractivity (Wildman–Crippen MR) is 65.0 cm³/mol. The number of hydrogen-bond acceptors (Lipinski definition) is 2. The van der Waals surface area contributed by atoms with Crippen LogP contribution in [0.25, 0.3) is 0 Å². The summed E-state index contributed by atoms with van der Waals surface area (Å²) in [5.74, 6) is 1.77. The van der Waals surface area contributed by atoms with Crippen molar-refractivity contribution in [2.45, 2.75) is 52.1 Å². The first-order valence-corrected chi connectivity index (χ1v) is 6.65. The van der Waals surface area contributed by atoms with Crippen molar-refractivity contribution in [2.24, 2.45) is 11.8 Å². The second-order valence-electron chi connectivity index (χ2n) is 5.77. The summed E-state index contributed by atoms with van der Waals surface area (Å²) in [4.78, 5) is 2.77. The zero-order chi connectivity index (χ0) is 10.8. The molecule has 1 N–H and O–H groups in total. The zero-order valence-corrected chi connectivity index (χ0v) is 10.5. The second kappa shape index (κ2) is 4.84. The van der Waals surface area contributed by atoms with Crippen LogP contribution in [0.4, 0.5) is 0 Å². The number of likely N-dealkylation sites (tertiary alicyclic amines) is 1. The third kappa shape index (κ3) is 2.54. The van der Waals surface area contributed by atoms with E-state index in [0.29, 0.717) is 0 Å². The van der Waals surface area contributed by atoms with Crippen LogP contribution in [-0.4, -0.2) is 36.6 Å². The molecule has 2 aliphatic rings. The van der Waals surface area contributed by atoms with Gasteiger partial charge in [0.2, 0.25) is 0 Å². The monoisotopic (exact) mass is 210 g/mol. The molecule has 2 fully saturated rings. The van der Waals surface area contributed by atoms with Crippen LogP contribution in [-0.2, 0) is 0 Å². The van der Waals surface area contributed by atoms with Crippen LogP contribution < -0.4 is 5.32 Å². The van der Waals surface area contributed by atoms with Gasteiger partial charge in [-0.15, -0.1) is 0 Å². The lowest BCUT2D eigenvalue weighted by molar-refractivity contribution is 0.0391. The van der Waals surface area contributed by atoms with Crippen molar-refractivity contribution in [3.8, 4) is 0 Å². The molecular formula is C13H26N2. The van der Waals surface area contributed by atoms with E-state index in [0.717, 1.165) is 23.9 Å². The van der Waals surface area contributed by atoms with E-state index in [1.165, 1.54) is 38.9 Å². The van der Waals surface area contributed by atoms with Gasteiger partial charge in [-0.3, -0.25) is 4.90 Å². The van der Waals surface area contributed by atoms with E-state index in [4.69, 9.17) is 0 Å². The number of nitrogens with zero attached hydrogens (tertiary/aromatic N) is 1. The van der Waals surface area contributed by atoms with Gasteiger partial charge < -0.3 is 5.32 Å². The van der Waals surface area contributed by atoms with E-state index >= 15 is 0 Å². The lowest BCUT2D eigenvalue weighted by Gasteiger charge is -2.46. The zero-order valence-electron chi connectivity index (χ0n) is 10.5. The highest BCUT2D eigenvalue weighted by Gasteiger charge is 2.33. The first-order valence-electron chi connectivity index (χ1n) is 6.65. The Morgan fingerprint density at radius 1 is 1.07 bits per heavy atom. The Labute approximate surface area is 94.4 Å². The van der Waals surface area contributed by atoms with E-state index < -0.39 is 0 Å². The Morgan fingerprint density at radius 3 is 2.60 bits per heavy atom. The summed E-state index contributed by atoms with van der Waals surface area (Å²) < 4.78 is 0. The summed E-state index contributed by atoms with van der Waals surface area (Å²) in [6.07, 6.45) is 4.17. The van der Waals surface area contributed by atoms with E-state index in [2.05, 4.69) is 31.0 Å². The van der Waals surface area contributed by atoms with Crippen molar-refractivity contribution in [3.05, 3.63) is 0 Å². The Kier molecular flexibility index (Phi) is 3.68. The molecule has 0 bridgehead atoms. The first kappa shape index (κ1) is 11.4. The summed E-state index contributed by atoms with van der Waals surface area (Å²) in [6.45, 7) is 11.0. The molecule has 0 saturated carbocycles. The minimum Gasteiger partial charge on any atom is -0.315 e. The molecule has 0 amide bonds. The normalized spacial score (nSPS) is 44.2. The van der Waals surface area contributed by atoms with E-state index in [1.807, 2.05) is 0 Å². The van der Waals surface area contributed by atoms with Gasteiger partial charge in [0.05, 0.1) is 0 Å². The highest BCUT2D eigenvalue weighted by molar-refractivity contribution is 4.89. The van der Waals surface area contributed by atoms with Crippen LogP contribution in [0, 0.1) is 11.8 Å². The molecule has 0 aromatic carbocycles. The van der Waals surface area contributed by atoms with Crippen LogP contribution in [0.5, 0.6) is 0 Å². The fourth-order valence-electron chi connectivity index (χ4n) is 3.20. The van der Waals surface area contributed by atoms with Crippen molar-refractivity contribution in [1.29, 1.82) is 0 Å². The summed E-state index contributed by atoms with van der Waals surface area (Å²) in [5, 5.41) is 3.56. The summed E-state index contributed by atoms with van der Waals surface area (Å²) in [7, 11) is 0. The Morgan fingerprint density at radius 2 is 1.87 bits per heavy atom. The molecule has 4 atom stereocenters. The van der Waals surface area contributed by atoms with Crippen LogP contribution in [0.1, 0.15) is 40.0 Å². The van der Waals surface area contributed by atoms with Crippen molar-refractivity contribution in [3.63, 3.8) is 0 Å². The van der Waals surface area contributed by atoms with Gasteiger partial charge >= 0.3 is 0 Å². The predicted octanol–water partition coefficient (Wildman–Crippen LogP) is 2.10. The molecule has 2 heteroatoms. The molecular weight excluding hydrogens is 184 g/mol. The maximum absolute atomic E-state index is 3.56. The largest absolute Gasteiger partial charge is 0.315 e. The lowest BCUT2D eigenvalue weighted by Crippen LogP contribution is -2.56. The fourth-order valence-corrected chi connectivity index (χ4v) is 3.20. The molecule has 2 rings (SSSR count). The van der Waals surface area contributed by atoms with Gasteiger partial charge in [0.15, 0.2) is 0 Å². The molecule has 0 aliphatic carbocycles.